The van der Waals surface area contributed by atoms with Gasteiger partial charge in [0.2, 0.25) is 0 Å². The zero-order valence-corrected chi connectivity index (χ0v) is 8.53. The molecule has 0 spiro atoms. The highest BCUT2D eigenvalue weighted by atomic mass is 16.1. The molecule has 1 heterocycles. The van der Waals surface area contributed by atoms with E-state index in [1.165, 1.54) is 0 Å². The predicted octanol–water partition coefficient (Wildman–Crippen LogP) is 2.08. The van der Waals surface area contributed by atoms with Crippen LogP contribution in [0.4, 0.5) is 0 Å². The van der Waals surface area contributed by atoms with Gasteiger partial charge in [-0.15, -0.1) is 0 Å². The van der Waals surface area contributed by atoms with Gasteiger partial charge < -0.3 is 4.57 Å². The smallest absolute Gasteiger partial charge is 0.161 e. The molecule has 14 heavy (non-hydrogen) atoms. The highest BCUT2D eigenvalue weighted by Gasteiger charge is 2.10. The molecule has 72 valence electrons. The van der Waals surface area contributed by atoms with Crippen molar-refractivity contribution in [2.45, 2.75) is 13.8 Å². The zero-order chi connectivity index (χ0) is 10.3. The molecule has 3 nitrogen and oxygen atoms in total. The summed E-state index contributed by atoms with van der Waals surface area (Å²) in [6, 6.07) is 5.63. The quantitative estimate of drug-likeness (QED) is 0.642. The molecule has 2 rings (SSSR count). The van der Waals surface area contributed by atoms with Gasteiger partial charge >= 0.3 is 0 Å². The Morgan fingerprint density at radius 2 is 2.14 bits per heavy atom. The molecule has 0 N–H and O–H groups in total. The molecule has 0 aliphatic rings. The van der Waals surface area contributed by atoms with Gasteiger partial charge in [0.05, 0.1) is 11.0 Å². The minimum Gasteiger partial charge on any atom is -0.331 e. The fourth-order valence-electron chi connectivity index (χ4n) is 1.67. The number of fused-ring (bicyclic) bond motifs is 1. The molecule has 0 aliphatic carbocycles. The Bertz CT molecular complexity index is 511. The van der Waals surface area contributed by atoms with Crippen molar-refractivity contribution >= 4 is 16.8 Å². The van der Waals surface area contributed by atoms with Gasteiger partial charge in [0.25, 0.3) is 0 Å². The van der Waals surface area contributed by atoms with Crippen LogP contribution >= 0.6 is 0 Å². The van der Waals surface area contributed by atoms with Gasteiger partial charge in [-0.25, -0.2) is 4.98 Å². The Hall–Kier alpha value is -1.64. The predicted molar refractivity (Wildman–Crippen MR) is 55.5 cm³/mol. The highest BCUT2D eigenvalue weighted by molar-refractivity contribution is 6.05. The van der Waals surface area contributed by atoms with Crippen molar-refractivity contribution in [3.8, 4) is 0 Å². The number of carbonyl (C=O) groups is 1. The Kier molecular flexibility index (Phi) is 1.88. The summed E-state index contributed by atoms with van der Waals surface area (Å²) >= 11 is 0. The molecule has 0 bridgehead atoms. The maximum absolute atomic E-state index is 11.4. The molecular weight excluding hydrogens is 176 g/mol. The summed E-state index contributed by atoms with van der Waals surface area (Å²) < 4.78 is 1.95. The van der Waals surface area contributed by atoms with Crippen LogP contribution < -0.4 is 0 Å². The zero-order valence-electron chi connectivity index (χ0n) is 8.53. The molecule has 2 aromatic rings. The molecule has 0 radical (unpaired) electrons. The molecule has 0 unspecified atom stereocenters. The lowest BCUT2D eigenvalue weighted by atomic mass is 10.1. The van der Waals surface area contributed by atoms with Crippen molar-refractivity contribution < 1.29 is 4.79 Å². The fraction of sp³-hybridized carbons (Fsp3) is 0.273. The molecule has 0 amide bonds. The second-order valence-corrected chi connectivity index (χ2v) is 3.45. The van der Waals surface area contributed by atoms with E-state index >= 15 is 0 Å². The second kappa shape index (κ2) is 2.94. The van der Waals surface area contributed by atoms with Gasteiger partial charge in [-0.3, -0.25) is 4.79 Å². The first kappa shape index (κ1) is 8.94. The van der Waals surface area contributed by atoms with E-state index in [-0.39, 0.29) is 5.78 Å². The van der Waals surface area contributed by atoms with Gasteiger partial charge in [0.1, 0.15) is 5.82 Å². The standard InChI is InChI=1S/C11H12N2O/c1-7(14)9-5-4-6-10-11(9)13(3)8(2)12-10/h4-6H,1-3H3. The summed E-state index contributed by atoms with van der Waals surface area (Å²) in [4.78, 5) is 15.7. The molecular formula is C11H12N2O. The van der Waals surface area contributed by atoms with Crippen LogP contribution in [0.5, 0.6) is 0 Å². The van der Waals surface area contributed by atoms with Crippen LogP contribution in [-0.2, 0) is 7.05 Å². The lowest BCUT2D eigenvalue weighted by Crippen LogP contribution is -1.98. The van der Waals surface area contributed by atoms with Crippen molar-refractivity contribution in [1.82, 2.24) is 9.55 Å². The number of ketones is 1. The molecule has 0 fully saturated rings. The largest absolute Gasteiger partial charge is 0.331 e. The topological polar surface area (TPSA) is 34.9 Å². The number of imidazole rings is 1. The van der Waals surface area contributed by atoms with E-state index in [9.17, 15) is 4.79 Å². The van der Waals surface area contributed by atoms with Crippen LogP contribution in [0.25, 0.3) is 11.0 Å². The van der Waals surface area contributed by atoms with Crippen molar-refractivity contribution in [2.24, 2.45) is 7.05 Å². The van der Waals surface area contributed by atoms with E-state index in [0.717, 1.165) is 22.4 Å². The molecule has 0 atom stereocenters. The summed E-state index contributed by atoms with van der Waals surface area (Å²) in [5.74, 6) is 1.01. The Labute approximate surface area is 82.4 Å². The number of hydrogen-bond donors (Lipinski definition) is 0. The van der Waals surface area contributed by atoms with Gasteiger partial charge in [0, 0.05) is 12.6 Å². The lowest BCUT2D eigenvalue weighted by molar-refractivity contribution is 0.101. The van der Waals surface area contributed by atoms with Crippen LogP contribution in [-0.4, -0.2) is 15.3 Å². The number of carbonyl (C=O) groups excluding carboxylic acids is 1. The third kappa shape index (κ3) is 1.13. The summed E-state index contributed by atoms with van der Waals surface area (Å²) in [7, 11) is 1.93. The summed E-state index contributed by atoms with van der Waals surface area (Å²) in [6.45, 7) is 3.51. The molecule has 0 aliphatic heterocycles. The summed E-state index contributed by atoms with van der Waals surface area (Å²) in [6.07, 6.45) is 0. The number of benzene rings is 1. The molecule has 0 saturated heterocycles. The summed E-state index contributed by atoms with van der Waals surface area (Å²) in [5, 5.41) is 0. The number of nitrogens with zero attached hydrogens (tertiary/aromatic N) is 2. The van der Waals surface area contributed by atoms with E-state index in [2.05, 4.69) is 4.98 Å². The molecule has 3 heteroatoms. The highest BCUT2D eigenvalue weighted by Crippen LogP contribution is 2.19. The Morgan fingerprint density at radius 1 is 1.43 bits per heavy atom. The number of hydrogen-bond acceptors (Lipinski definition) is 2. The Balaban J connectivity index is 2.91. The monoisotopic (exact) mass is 188 g/mol. The van der Waals surface area contributed by atoms with E-state index in [4.69, 9.17) is 0 Å². The minimum absolute atomic E-state index is 0.0820. The average Bonchev–Trinajstić information content (AvgIpc) is 2.43. The third-order valence-corrected chi connectivity index (χ3v) is 2.50. The number of para-hydroxylation sites is 1. The van der Waals surface area contributed by atoms with Crippen LogP contribution in [0.3, 0.4) is 0 Å². The summed E-state index contributed by atoms with van der Waals surface area (Å²) in [5.41, 5.74) is 2.56. The van der Waals surface area contributed by atoms with E-state index in [0.29, 0.717) is 0 Å². The van der Waals surface area contributed by atoms with E-state index < -0.39 is 0 Å². The van der Waals surface area contributed by atoms with Crippen LogP contribution in [0.15, 0.2) is 18.2 Å². The van der Waals surface area contributed by atoms with Gasteiger partial charge in [-0.2, -0.15) is 0 Å². The van der Waals surface area contributed by atoms with Crippen molar-refractivity contribution in [3.63, 3.8) is 0 Å². The number of aromatic nitrogens is 2. The van der Waals surface area contributed by atoms with Crippen molar-refractivity contribution in [2.75, 3.05) is 0 Å². The van der Waals surface area contributed by atoms with Gasteiger partial charge in [-0.05, 0) is 26.0 Å². The van der Waals surface area contributed by atoms with Crippen LogP contribution in [0.1, 0.15) is 23.1 Å². The SMILES string of the molecule is CC(=O)c1cccc2nc(C)n(C)c12. The third-order valence-electron chi connectivity index (χ3n) is 2.50. The van der Waals surface area contributed by atoms with Gasteiger partial charge in [-0.1, -0.05) is 6.07 Å². The first-order valence-corrected chi connectivity index (χ1v) is 4.54. The van der Waals surface area contributed by atoms with E-state index in [1.807, 2.05) is 36.7 Å². The van der Waals surface area contributed by atoms with Crippen LogP contribution in [0.2, 0.25) is 0 Å². The fourth-order valence-corrected chi connectivity index (χ4v) is 1.67. The minimum atomic E-state index is 0.0820. The molecule has 1 aromatic carbocycles. The molecule has 1 aromatic heterocycles. The Morgan fingerprint density at radius 3 is 2.79 bits per heavy atom. The first-order valence-electron chi connectivity index (χ1n) is 4.54. The molecule has 0 saturated carbocycles. The maximum atomic E-state index is 11.4. The number of Topliss-reactive ketones (excluding diaryl/α,β-unsaturated/α-hetero) is 1. The lowest BCUT2D eigenvalue weighted by Gasteiger charge is -2.01. The average molecular weight is 188 g/mol. The number of rotatable bonds is 1. The van der Waals surface area contributed by atoms with Crippen LogP contribution in [0, 0.1) is 6.92 Å². The second-order valence-electron chi connectivity index (χ2n) is 3.45. The van der Waals surface area contributed by atoms with Crippen molar-refractivity contribution in [1.29, 1.82) is 0 Å². The number of aryl methyl sites for hydroxylation is 2. The van der Waals surface area contributed by atoms with Gasteiger partial charge in [0.15, 0.2) is 5.78 Å². The maximum Gasteiger partial charge on any atom is 0.161 e. The van der Waals surface area contributed by atoms with Crippen molar-refractivity contribution in [3.05, 3.63) is 29.6 Å². The normalized spacial score (nSPS) is 10.8. The van der Waals surface area contributed by atoms with E-state index in [1.54, 1.807) is 6.92 Å². The first-order chi connectivity index (χ1) is 6.61.